The van der Waals surface area contributed by atoms with Gasteiger partial charge in [0.1, 0.15) is 5.82 Å². The largest absolute Gasteiger partial charge is 0.370 e. The lowest BCUT2D eigenvalue weighted by atomic mass is 10.2. The minimum absolute atomic E-state index is 0.230. The van der Waals surface area contributed by atoms with Crippen LogP contribution < -0.4 is 16.6 Å². The smallest absolute Gasteiger partial charge is 0.331 e. The molecule has 0 aliphatic rings. The molecule has 0 saturated carbocycles. The second-order valence-electron chi connectivity index (χ2n) is 4.61. The molecule has 0 radical (unpaired) electrons. The number of pyridine rings is 1. The molecule has 1 N–H and O–H groups in total. The molecule has 0 bridgehead atoms. The van der Waals surface area contributed by atoms with Crippen molar-refractivity contribution in [3.8, 4) is 0 Å². The topological polar surface area (TPSA) is 68.9 Å². The molecule has 2 aromatic heterocycles. The number of aryl methyl sites for hydroxylation is 1. The molecule has 20 heavy (non-hydrogen) atoms. The maximum absolute atomic E-state index is 11.9. The average Bonchev–Trinajstić information content (AvgIpc) is 2.47. The summed E-state index contributed by atoms with van der Waals surface area (Å²) in [6, 6.07) is 5.10. The van der Waals surface area contributed by atoms with Gasteiger partial charge in [-0.2, -0.15) is 0 Å². The first-order chi connectivity index (χ1) is 9.61. The quantitative estimate of drug-likeness (QED) is 0.876. The van der Waals surface area contributed by atoms with Gasteiger partial charge in [0.05, 0.1) is 6.54 Å². The Kier molecular flexibility index (Phi) is 4.34. The highest BCUT2D eigenvalue weighted by Gasteiger charge is 2.04. The zero-order valence-electron chi connectivity index (χ0n) is 11.7. The molecule has 2 aromatic rings. The van der Waals surface area contributed by atoms with Crippen molar-refractivity contribution in [2.24, 2.45) is 7.05 Å². The van der Waals surface area contributed by atoms with Crippen LogP contribution in [0.1, 0.15) is 18.9 Å². The maximum atomic E-state index is 11.9. The fraction of sp³-hybridized carbons (Fsp3) is 0.357. The third-order valence-electron chi connectivity index (χ3n) is 2.96. The zero-order valence-corrected chi connectivity index (χ0v) is 11.7. The number of hydrogen-bond donors (Lipinski definition) is 1. The summed E-state index contributed by atoms with van der Waals surface area (Å²) in [6.45, 7) is 3.18. The van der Waals surface area contributed by atoms with Crippen molar-refractivity contribution < 1.29 is 0 Å². The fourth-order valence-electron chi connectivity index (χ4n) is 1.82. The van der Waals surface area contributed by atoms with Gasteiger partial charge in [0.2, 0.25) is 0 Å². The van der Waals surface area contributed by atoms with E-state index in [4.69, 9.17) is 0 Å². The molecule has 0 aliphatic carbocycles. The van der Waals surface area contributed by atoms with Crippen LogP contribution in [-0.4, -0.2) is 20.7 Å². The maximum Gasteiger partial charge on any atom is 0.331 e. The van der Waals surface area contributed by atoms with Crippen LogP contribution in [0.3, 0.4) is 0 Å². The normalized spacial score (nSPS) is 10.5. The van der Waals surface area contributed by atoms with Crippen LogP contribution in [0.5, 0.6) is 0 Å². The summed E-state index contributed by atoms with van der Waals surface area (Å²) in [5.41, 5.74) is 0.185. The lowest BCUT2D eigenvalue weighted by Crippen LogP contribution is -2.38. The van der Waals surface area contributed by atoms with E-state index in [9.17, 15) is 9.59 Å². The molecular formula is C14H18N4O2. The van der Waals surface area contributed by atoms with Crippen molar-refractivity contribution in [3.63, 3.8) is 0 Å². The molecule has 0 fully saturated rings. The van der Waals surface area contributed by atoms with Crippen LogP contribution in [-0.2, 0) is 13.6 Å². The van der Waals surface area contributed by atoms with Crippen molar-refractivity contribution in [1.29, 1.82) is 0 Å². The number of nitrogens with one attached hydrogen (secondary N) is 1. The highest BCUT2D eigenvalue weighted by atomic mass is 16.2. The van der Waals surface area contributed by atoms with E-state index in [2.05, 4.69) is 17.2 Å². The number of rotatable bonds is 5. The summed E-state index contributed by atoms with van der Waals surface area (Å²) in [4.78, 5) is 27.9. The van der Waals surface area contributed by atoms with E-state index >= 15 is 0 Å². The molecule has 0 spiro atoms. The number of anilines is 1. The SMILES string of the molecule is CCCNc1ccc(Cn2c(=O)ccn(C)c2=O)cn1. The highest BCUT2D eigenvalue weighted by molar-refractivity contribution is 5.35. The van der Waals surface area contributed by atoms with Crippen LogP contribution in [0.2, 0.25) is 0 Å². The van der Waals surface area contributed by atoms with Gasteiger partial charge in [-0.3, -0.25) is 9.36 Å². The Morgan fingerprint density at radius 1 is 1.25 bits per heavy atom. The van der Waals surface area contributed by atoms with Gasteiger partial charge in [-0.1, -0.05) is 13.0 Å². The van der Waals surface area contributed by atoms with E-state index in [1.165, 1.54) is 21.4 Å². The first kappa shape index (κ1) is 14.0. The number of nitrogens with zero attached hydrogens (tertiary/aromatic N) is 3. The third-order valence-corrected chi connectivity index (χ3v) is 2.96. The molecular weight excluding hydrogens is 256 g/mol. The van der Waals surface area contributed by atoms with E-state index in [-0.39, 0.29) is 17.8 Å². The first-order valence-corrected chi connectivity index (χ1v) is 6.57. The van der Waals surface area contributed by atoms with Crippen LogP contribution in [0.15, 0.2) is 40.2 Å². The molecule has 0 amide bonds. The molecule has 106 valence electrons. The number of hydrogen-bond acceptors (Lipinski definition) is 4. The Hall–Kier alpha value is -2.37. The van der Waals surface area contributed by atoms with E-state index in [1.54, 1.807) is 13.2 Å². The number of aromatic nitrogens is 3. The van der Waals surface area contributed by atoms with E-state index < -0.39 is 0 Å². The lowest BCUT2D eigenvalue weighted by molar-refractivity contribution is 0.638. The molecule has 6 heteroatoms. The molecule has 0 unspecified atom stereocenters. The molecule has 0 saturated heterocycles. The van der Waals surface area contributed by atoms with Crippen LogP contribution in [0.4, 0.5) is 5.82 Å². The van der Waals surface area contributed by atoms with Crippen molar-refractivity contribution >= 4 is 5.82 Å². The predicted octanol–water partition coefficient (Wildman–Crippen LogP) is 0.812. The molecule has 2 rings (SSSR count). The minimum atomic E-state index is -0.328. The molecule has 0 atom stereocenters. The van der Waals surface area contributed by atoms with Gasteiger partial charge in [-0.25, -0.2) is 9.78 Å². The van der Waals surface area contributed by atoms with Gasteiger partial charge >= 0.3 is 5.69 Å². The summed E-state index contributed by atoms with van der Waals surface area (Å²) >= 11 is 0. The van der Waals surface area contributed by atoms with Crippen molar-refractivity contribution in [3.05, 3.63) is 57.0 Å². The van der Waals surface area contributed by atoms with Crippen LogP contribution in [0, 0.1) is 0 Å². The summed E-state index contributed by atoms with van der Waals surface area (Å²) in [6.07, 6.45) is 4.17. The zero-order chi connectivity index (χ0) is 14.5. The highest BCUT2D eigenvalue weighted by Crippen LogP contribution is 2.05. The summed E-state index contributed by atoms with van der Waals surface area (Å²) in [5, 5.41) is 3.17. The van der Waals surface area contributed by atoms with E-state index in [0.29, 0.717) is 0 Å². The Bertz CT molecular complexity index is 686. The Morgan fingerprint density at radius 2 is 2.05 bits per heavy atom. The summed E-state index contributed by atoms with van der Waals surface area (Å²) in [5.74, 6) is 0.795. The second kappa shape index (κ2) is 6.18. The minimum Gasteiger partial charge on any atom is -0.370 e. The second-order valence-corrected chi connectivity index (χ2v) is 4.61. The van der Waals surface area contributed by atoms with Crippen LogP contribution in [0.25, 0.3) is 0 Å². The molecule has 0 aliphatic heterocycles. The lowest BCUT2D eigenvalue weighted by Gasteiger charge is -2.08. The Balaban J connectivity index is 2.21. The van der Waals surface area contributed by atoms with Crippen molar-refractivity contribution in [2.45, 2.75) is 19.9 Å². The Labute approximate surface area is 116 Å². The van der Waals surface area contributed by atoms with Gasteiger partial charge in [0, 0.05) is 32.1 Å². The van der Waals surface area contributed by atoms with E-state index in [0.717, 1.165) is 24.3 Å². The van der Waals surface area contributed by atoms with Gasteiger partial charge in [-0.15, -0.1) is 0 Å². The average molecular weight is 274 g/mol. The van der Waals surface area contributed by atoms with Gasteiger partial charge in [0.25, 0.3) is 5.56 Å². The summed E-state index contributed by atoms with van der Waals surface area (Å²) in [7, 11) is 1.62. The third kappa shape index (κ3) is 3.14. The monoisotopic (exact) mass is 274 g/mol. The van der Waals surface area contributed by atoms with Gasteiger partial charge in [0.15, 0.2) is 0 Å². The first-order valence-electron chi connectivity index (χ1n) is 6.57. The van der Waals surface area contributed by atoms with Crippen molar-refractivity contribution in [2.75, 3.05) is 11.9 Å². The molecule has 6 nitrogen and oxygen atoms in total. The Morgan fingerprint density at radius 3 is 2.70 bits per heavy atom. The molecule has 0 aromatic carbocycles. The van der Waals surface area contributed by atoms with Gasteiger partial charge < -0.3 is 9.88 Å². The van der Waals surface area contributed by atoms with E-state index in [1.807, 2.05) is 12.1 Å². The van der Waals surface area contributed by atoms with Crippen molar-refractivity contribution in [1.82, 2.24) is 14.1 Å². The summed E-state index contributed by atoms with van der Waals surface area (Å²) < 4.78 is 2.57. The fourth-order valence-corrected chi connectivity index (χ4v) is 1.82. The molecule has 2 heterocycles. The standard InChI is InChI=1S/C14H18N4O2/c1-3-7-15-12-5-4-11(9-16-12)10-18-13(19)6-8-17(2)14(18)20/h4-6,8-9H,3,7,10H2,1-2H3,(H,15,16). The van der Waals surface area contributed by atoms with Crippen LogP contribution >= 0.6 is 0 Å². The predicted molar refractivity (Wildman–Crippen MR) is 78.1 cm³/mol. The van der Waals surface area contributed by atoms with Gasteiger partial charge in [-0.05, 0) is 18.1 Å².